The zero-order valence-electron chi connectivity index (χ0n) is 16.3. The normalized spacial score (nSPS) is 15.1. The number of thiocarbonyl (C=S) groups is 1. The van der Waals surface area contributed by atoms with Crippen molar-refractivity contribution >= 4 is 46.9 Å². The number of carboxylic acids is 1. The minimum absolute atomic E-state index is 0.119. The number of anilines is 1. The lowest BCUT2D eigenvalue weighted by molar-refractivity contribution is -0.139. The Morgan fingerprint density at radius 2 is 1.87 bits per heavy atom. The van der Waals surface area contributed by atoms with Crippen LogP contribution in [0.3, 0.4) is 0 Å². The molecule has 0 aliphatic carbocycles. The van der Waals surface area contributed by atoms with Crippen molar-refractivity contribution < 1.29 is 33.4 Å². The van der Waals surface area contributed by atoms with Crippen molar-refractivity contribution in [2.75, 3.05) is 18.1 Å². The van der Waals surface area contributed by atoms with Crippen LogP contribution in [0.5, 0.6) is 11.5 Å². The summed E-state index contributed by atoms with van der Waals surface area (Å²) in [5.41, 5.74) is 0.547. The molecule has 0 spiro atoms. The number of carboxylic acid groups (broad SMARTS) is 1. The standard InChI is InChI=1S/C21H17FN2O6S/c1-2-29-17-10-12(3-8-16(17)30-11-18(25)26)9-15-19(27)23-21(31)24(20(15)28)14-6-4-13(22)5-7-14/h3-10H,2,11H2,1H3,(H,25,26)(H,23,27,31)/b15-9-. The summed E-state index contributed by atoms with van der Waals surface area (Å²) in [5, 5.41) is 11.1. The van der Waals surface area contributed by atoms with Crippen LogP contribution in [0, 0.1) is 5.82 Å². The number of ether oxygens (including phenoxy) is 2. The fourth-order valence-electron chi connectivity index (χ4n) is 2.79. The van der Waals surface area contributed by atoms with Gasteiger partial charge in [0.2, 0.25) is 0 Å². The predicted molar refractivity (Wildman–Crippen MR) is 113 cm³/mol. The topological polar surface area (TPSA) is 105 Å². The third-order valence-electron chi connectivity index (χ3n) is 4.12. The minimum Gasteiger partial charge on any atom is -0.490 e. The van der Waals surface area contributed by atoms with E-state index in [-0.39, 0.29) is 28.8 Å². The second kappa shape index (κ2) is 9.35. The van der Waals surface area contributed by atoms with Crippen LogP contribution in [-0.2, 0) is 14.4 Å². The van der Waals surface area contributed by atoms with Crippen LogP contribution in [0.4, 0.5) is 10.1 Å². The molecule has 2 amide bonds. The molecular formula is C21H17FN2O6S. The molecule has 0 atom stereocenters. The highest BCUT2D eigenvalue weighted by atomic mass is 32.1. The molecule has 0 unspecified atom stereocenters. The molecule has 2 N–H and O–H groups in total. The van der Waals surface area contributed by atoms with Crippen LogP contribution in [-0.4, -0.2) is 41.2 Å². The predicted octanol–water partition coefficient (Wildman–Crippen LogP) is 2.52. The number of carbonyl (C=O) groups is 3. The molecule has 31 heavy (non-hydrogen) atoms. The fourth-order valence-corrected chi connectivity index (χ4v) is 3.07. The first kappa shape index (κ1) is 21.9. The highest BCUT2D eigenvalue weighted by Gasteiger charge is 2.34. The highest BCUT2D eigenvalue weighted by Crippen LogP contribution is 2.30. The number of nitrogens with one attached hydrogen (secondary N) is 1. The van der Waals surface area contributed by atoms with Gasteiger partial charge in [-0.3, -0.25) is 19.8 Å². The van der Waals surface area contributed by atoms with Crippen LogP contribution in [0.1, 0.15) is 12.5 Å². The van der Waals surface area contributed by atoms with E-state index in [0.29, 0.717) is 11.3 Å². The zero-order chi connectivity index (χ0) is 22.5. The molecule has 2 aromatic carbocycles. The molecule has 2 aromatic rings. The SMILES string of the molecule is CCOc1cc(/C=C2/C(=O)NC(=S)N(c3ccc(F)cc3)C2=O)ccc1OCC(=O)O. The summed E-state index contributed by atoms with van der Waals surface area (Å²) in [6.45, 7) is 1.48. The van der Waals surface area contributed by atoms with Crippen LogP contribution in [0.15, 0.2) is 48.0 Å². The van der Waals surface area contributed by atoms with Gasteiger partial charge in [0, 0.05) is 0 Å². The van der Waals surface area contributed by atoms with E-state index in [1.165, 1.54) is 42.5 Å². The summed E-state index contributed by atoms with van der Waals surface area (Å²) in [6, 6.07) is 9.64. The first-order valence-corrected chi connectivity index (χ1v) is 9.49. The smallest absolute Gasteiger partial charge is 0.341 e. The first-order valence-electron chi connectivity index (χ1n) is 9.08. The molecule has 1 aliphatic rings. The van der Waals surface area contributed by atoms with Gasteiger partial charge in [-0.2, -0.15) is 0 Å². The Morgan fingerprint density at radius 3 is 2.52 bits per heavy atom. The van der Waals surface area contributed by atoms with E-state index in [0.717, 1.165) is 4.90 Å². The average Bonchev–Trinajstić information content (AvgIpc) is 2.72. The Balaban J connectivity index is 1.95. The number of halogens is 1. The number of nitrogens with zero attached hydrogens (tertiary/aromatic N) is 1. The average molecular weight is 444 g/mol. The fraction of sp³-hybridized carbons (Fsp3) is 0.143. The van der Waals surface area contributed by atoms with Gasteiger partial charge >= 0.3 is 5.97 Å². The van der Waals surface area contributed by atoms with Crippen molar-refractivity contribution in [3.8, 4) is 11.5 Å². The molecule has 0 bridgehead atoms. The molecule has 0 aromatic heterocycles. The van der Waals surface area contributed by atoms with E-state index in [1.54, 1.807) is 13.0 Å². The summed E-state index contributed by atoms with van der Waals surface area (Å²) in [5.74, 6) is -2.52. The van der Waals surface area contributed by atoms with Gasteiger partial charge in [-0.15, -0.1) is 0 Å². The Morgan fingerprint density at radius 1 is 1.16 bits per heavy atom. The Bertz CT molecular complexity index is 1080. The van der Waals surface area contributed by atoms with E-state index < -0.39 is 30.2 Å². The number of aliphatic carboxylic acids is 1. The van der Waals surface area contributed by atoms with E-state index in [4.69, 9.17) is 26.8 Å². The third-order valence-corrected chi connectivity index (χ3v) is 4.40. The lowest BCUT2D eigenvalue weighted by atomic mass is 10.1. The van der Waals surface area contributed by atoms with E-state index in [1.807, 2.05) is 0 Å². The number of rotatable bonds is 7. The van der Waals surface area contributed by atoms with Gasteiger partial charge in [-0.25, -0.2) is 9.18 Å². The van der Waals surface area contributed by atoms with Crippen LogP contribution < -0.4 is 19.7 Å². The Kier molecular flexibility index (Phi) is 6.61. The zero-order valence-corrected chi connectivity index (χ0v) is 17.1. The maximum absolute atomic E-state index is 13.2. The molecule has 160 valence electrons. The molecule has 10 heteroatoms. The number of amides is 2. The summed E-state index contributed by atoms with van der Waals surface area (Å²) < 4.78 is 23.9. The van der Waals surface area contributed by atoms with E-state index in [2.05, 4.69) is 5.32 Å². The molecule has 1 heterocycles. The maximum Gasteiger partial charge on any atom is 0.341 e. The van der Waals surface area contributed by atoms with E-state index in [9.17, 15) is 18.8 Å². The quantitative estimate of drug-likeness (QED) is 0.384. The lowest BCUT2D eigenvalue weighted by Crippen LogP contribution is -2.54. The van der Waals surface area contributed by atoms with Crippen LogP contribution >= 0.6 is 12.2 Å². The Hall–Kier alpha value is -3.79. The van der Waals surface area contributed by atoms with E-state index >= 15 is 0 Å². The number of hydrogen-bond donors (Lipinski definition) is 2. The second-order valence-corrected chi connectivity index (χ2v) is 6.64. The summed E-state index contributed by atoms with van der Waals surface area (Å²) in [4.78, 5) is 37.2. The van der Waals surface area contributed by atoms with Crippen molar-refractivity contribution in [1.29, 1.82) is 0 Å². The van der Waals surface area contributed by atoms with Gasteiger partial charge < -0.3 is 14.6 Å². The number of hydrogen-bond acceptors (Lipinski definition) is 6. The van der Waals surface area contributed by atoms with Crippen molar-refractivity contribution in [3.05, 3.63) is 59.4 Å². The molecule has 1 fully saturated rings. The molecule has 0 saturated carbocycles. The van der Waals surface area contributed by atoms with Gasteiger partial charge in [-0.05, 0) is 67.2 Å². The third kappa shape index (κ3) is 5.04. The molecule has 0 radical (unpaired) electrons. The van der Waals surface area contributed by atoms with Crippen molar-refractivity contribution in [1.82, 2.24) is 5.32 Å². The number of benzene rings is 2. The second-order valence-electron chi connectivity index (χ2n) is 6.26. The van der Waals surface area contributed by atoms with Crippen molar-refractivity contribution in [3.63, 3.8) is 0 Å². The van der Waals surface area contributed by atoms with Crippen LogP contribution in [0.2, 0.25) is 0 Å². The minimum atomic E-state index is -1.14. The molecule has 1 aliphatic heterocycles. The van der Waals surface area contributed by atoms with Gasteiger partial charge in [0.25, 0.3) is 11.8 Å². The summed E-state index contributed by atoms with van der Waals surface area (Å²) in [7, 11) is 0. The molecular weight excluding hydrogens is 427 g/mol. The molecule has 3 rings (SSSR count). The van der Waals surface area contributed by atoms with Gasteiger partial charge in [0.15, 0.2) is 23.2 Å². The first-order chi connectivity index (χ1) is 14.8. The van der Waals surface area contributed by atoms with Gasteiger partial charge in [0.1, 0.15) is 11.4 Å². The Labute approximate surface area is 181 Å². The molecule has 1 saturated heterocycles. The lowest BCUT2D eigenvalue weighted by Gasteiger charge is -2.28. The van der Waals surface area contributed by atoms with Crippen molar-refractivity contribution in [2.45, 2.75) is 6.92 Å². The van der Waals surface area contributed by atoms with Gasteiger partial charge in [0.05, 0.1) is 12.3 Å². The maximum atomic E-state index is 13.2. The monoisotopic (exact) mass is 444 g/mol. The van der Waals surface area contributed by atoms with Crippen molar-refractivity contribution in [2.24, 2.45) is 0 Å². The molecule has 8 nitrogen and oxygen atoms in total. The summed E-state index contributed by atoms with van der Waals surface area (Å²) in [6.07, 6.45) is 1.35. The highest BCUT2D eigenvalue weighted by molar-refractivity contribution is 7.80. The van der Waals surface area contributed by atoms with Crippen LogP contribution in [0.25, 0.3) is 6.08 Å². The number of carbonyl (C=O) groups excluding carboxylic acids is 2. The largest absolute Gasteiger partial charge is 0.490 e. The summed E-state index contributed by atoms with van der Waals surface area (Å²) >= 11 is 5.10. The van der Waals surface area contributed by atoms with Gasteiger partial charge in [-0.1, -0.05) is 6.07 Å².